The lowest BCUT2D eigenvalue weighted by molar-refractivity contribution is -0.117. The summed E-state index contributed by atoms with van der Waals surface area (Å²) in [5.41, 5.74) is 1.69. The van der Waals surface area contributed by atoms with Crippen LogP contribution in [0.25, 0.3) is 0 Å². The van der Waals surface area contributed by atoms with Crippen molar-refractivity contribution in [1.29, 1.82) is 0 Å². The molecule has 0 radical (unpaired) electrons. The van der Waals surface area contributed by atoms with Crippen LogP contribution >= 0.6 is 11.3 Å². The Hall–Kier alpha value is -1.40. The van der Waals surface area contributed by atoms with Gasteiger partial charge in [0, 0.05) is 11.4 Å². The first kappa shape index (κ1) is 19.4. The van der Waals surface area contributed by atoms with E-state index in [1.54, 1.807) is 11.3 Å². The molecule has 144 valence electrons. The van der Waals surface area contributed by atoms with E-state index >= 15 is 0 Å². The fourth-order valence-corrected chi connectivity index (χ4v) is 5.47. The average molecular weight is 379 g/mol. The van der Waals surface area contributed by atoms with E-state index in [0.717, 1.165) is 44.3 Å². The highest BCUT2D eigenvalue weighted by molar-refractivity contribution is 7.17. The molecule has 0 saturated carbocycles. The molecule has 1 fully saturated rings. The third kappa shape index (κ3) is 4.46. The Morgan fingerprint density at radius 1 is 1.27 bits per heavy atom. The maximum atomic E-state index is 12.6. The molecule has 1 amide bonds. The number of ether oxygens (including phenoxy) is 1. The molecule has 1 aromatic rings. The van der Waals surface area contributed by atoms with Crippen LogP contribution in [0, 0.1) is 11.8 Å². The predicted octanol–water partition coefficient (Wildman–Crippen LogP) is 3.72. The number of amides is 1. The van der Waals surface area contributed by atoms with Crippen LogP contribution in [0.3, 0.4) is 0 Å². The van der Waals surface area contributed by atoms with Crippen LogP contribution in [-0.4, -0.2) is 43.0 Å². The molecule has 2 unspecified atom stereocenters. The standard InChI is InChI=1S/C20H30N2O3S/c1-4-25-20(24)18-15-8-7-13(2)10-16(15)26-19(18)21-17(23)12-22-9-5-6-14(3)11-22/h13-14H,4-12H2,1-3H3,(H,21,23). The smallest absolute Gasteiger partial charge is 0.341 e. The average Bonchev–Trinajstić information content (AvgIpc) is 2.91. The minimum atomic E-state index is -0.304. The second kappa shape index (κ2) is 8.53. The number of likely N-dealkylation sites (tertiary alicyclic amines) is 1. The summed E-state index contributed by atoms with van der Waals surface area (Å²) in [7, 11) is 0. The zero-order valence-electron chi connectivity index (χ0n) is 16.1. The maximum absolute atomic E-state index is 12.6. The van der Waals surface area contributed by atoms with Crippen molar-refractivity contribution in [2.24, 2.45) is 11.8 Å². The third-order valence-corrected chi connectivity index (χ3v) is 6.52. The summed E-state index contributed by atoms with van der Waals surface area (Å²) < 4.78 is 5.27. The molecule has 0 spiro atoms. The molecule has 1 N–H and O–H groups in total. The highest BCUT2D eigenvalue weighted by Gasteiger charge is 2.29. The fraction of sp³-hybridized carbons (Fsp3) is 0.700. The molecule has 0 bridgehead atoms. The number of rotatable bonds is 5. The summed E-state index contributed by atoms with van der Waals surface area (Å²) in [6, 6.07) is 0. The Morgan fingerprint density at radius 2 is 2.08 bits per heavy atom. The van der Waals surface area contributed by atoms with Crippen LogP contribution in [0.1, 0.15) is 60.8 Å². The van der Waals surface area contributed by atoms with Crippen molar-refractivity contribution in [2.75, 3.05) is 31.6 Å². The van der Waals surface area contributed by atoms with Gasteiger partial charge in [-0.3, -0.25) is 9.69 Å². The fourth-order valence-electron chi connectivity index (χ4n) is 4.06. The number of thiophene rings is 1. The van der Waals surface area contributed by atoms with E-state index in [1.165, 1.54) is 11.3 Å². The van der Waals surface area contributed by atoms with Crippen LogP contribution in [0.2, 0.25) is 0 Å². The summed E-state index contributed by atoms with van der Waals surface area (Å²) in [6.45, 7) is 8.97. The molecule has 26 heavy (non-hydrogen) atoms. The molecular weight excluding hydrogens is 348 g/mol. The molecule has 3 rings (SSSR count). The Morgan fingerprint density at radius 3 is 2.81 bits per heavy atom. The normalized spacial score (nSPS) is 23.3. The lowest BCUT2D eigenvalue weighted by Crippen LogP contribution is -2.39. The second-order valence-corrected chi connectivity index (χ2v) is 8.91. The number of nitrogens with zero attached hydrogens (tertiary/aromatic N) is 1. The number of hydrogen-bond donors (Lipinski definition) is 1. The first-order chi connectivity index (χ1) is 12.5. The molecular formula is C20H30N2O3S. The quantitative estimate of drug-likeness (QED) is 0.794. The van der Waals surface area contributed by atoms with E-state index < -0.39 is 0 Å². The lowest BCUT2D eigenvalue weighted by Gasteiger charge is -2.30. The third-order valence-electron chi connectivity index (χ3n) is 5.35. The zero-order chi connectivity index (χ0) is 18.7. The zero-order valence-corrected chi connectivity index (χ0v) is 16.9. The van der Waals surface area contributed by atoms with Crippen molar-refractivity contribution in [2.45, 2.75) is 52.9 Å². The van der Waals surface area contributed by atoms with Gasteiger partial charge in [0.1, 0.15) is 5.00 Å². The first-order valence-corrected chi connectivity index (χ1v) is 10.6. The molecule has 2 atom stereocenters. The number of carbonyl (C=O) groups excluding carboxylic acids is 2. The highest BCUT2D eigenvalue weighted by atomic mass is 32.1. The molecule has 1 aliphatic heterocycles. The summed E-state index contributed by atoms with van der Waals surface area (Å²) in [6.07, 6.45) is 5.33. The molecule has 1 aromatic heterocycles. The molecule has 6 heteroatoms. The largest absolute Gasteiger partial charge is 0.462 e. The lowest BCUT2D eigenvalue weighted by atomic mass is 9.88. The maximum Gasteiger partial charge on any atom is 0.341 e. The number of hydrogen-bond acceptors (Lipinski definition) is 5. The Bertz CT molecular complexity index is 670. The number of anilines is 1. The summed E-state index contributed by atoms with van der Waals surface area (Å²) in [4.78, 5) is 28.6. The second-order valence-electron chi connectivity index (χ2n) is 7.81. The van der Waals surface area contributed by atoms with E-state index in [4.69, 9.17) is 4.74 Å². The molecule has 0 aromatic carbocycles. The van der Waals surface area contributed by atoms with Crippen molar-refractivity contribution in [3.05, 3.63) is 16.0 Å². The van der Waals surface area contributed by atoms with Gasteiger partial charge in [-0.1, -0.05) is 13.8 Å². The molecule has 5 nitrogen and oxygen atoms in total. The highest BCUT2D eigenvalue weighted by Crippen LogP contribution is 2.40. The van der Waals surface area contributed by atoms with Crippen molar-refractivity contribution >= 4 is 28.2 Å². The van der Waals surface area contributed by atoms with Gasteiger partial charge in [-0.2, -0.15) is 0 Å². The van der Waals surface area contributed by atoms with E-state index in [-0.39, 0.29) is 11.9 Å². The van der Waals surface area contributed by atoms with Gasteiger partial charge in [0.25, 0.3) is 0 Å². The Labute approximate surface area is 160 Å². The molecule has 1 saturated heterocycles. The van der Waals surface area contributed by atoms with Crippen molar-refractivity contribution in [1.82, 2.24) is 4.90 Å². The molecule has 1 aliphatic carbocycles. The van der Waals surface area contributed by atoms with Gasteiger partial charge in [-0.05, 0) is 63.0 Å². The summed E-state index contributed by atoms with van der Waals surface area (Å²) in [5, 5.41) is 3.70. The topological polar surface area (TPSA) is 58.6 Å². The van der Waals surface area contributed by atoms with Crippen LogP contribution in [-0.2, 0) is 22.4 Å². The number of fused-ring (bicyclic) bond motifs is 1. The SMILES string of the molecule is CCOC(=O)c1c(NC(=O)CN2CCCC(C)C2)sc2c1CCC(C)C2. The number of piperidine rings is 1. The van der Waals surface area contributed by atoms with Crippen molar-refractivity contribution < 1.29 is 14.3 Å². The Kier molecular flexibility index (Phi) is 6.35. The van der Waals surface area contributed by atoms with E-state index in [2.05, 4.69) is 24.1 Å². The summed E-state index contributed by atoms with van der Waals surface area (Å²) in [5.74, 6) is 0.925. The van der Waals surface area contributed by atoms with Crippen LogP contribution in [0.5, 0.6) is 0 Å². The van der Waals surface area contributed by atoms with E-state index in [9.17, 15) is 9.59 Å². The van der Waals surface area contributed by atoms with Crippen LogP contribution in [0.4, 0.5) is 5.00 Å². The minimum Gasteiger partial charge on any atom is -0.462 e. The van der Waals surface area contributed by atoms with Gasteiger partial charge >= 0.3 is 5.97 Å². The molecule has 2 aliphatic rings. The van der Waals surface area contributed by atoms with Crippen molar-refractivity contribution in [3.63, 3.8) is 0 Å². The van der Waals surface area contributed by atoms with Gasteiger partial charge in [0.2, 0.25) is 5.91 Å². The van der Waals surface area contributed by atoms with Crippen LogP contribution < -0.4 is 5.32 Å². The van der Waals surface area contributed by atoms with Gasteiger partial charge in [0.15, 0.2) is 0 Å². The number of carbonyl (C=O) groups is 2. The minimum absolute atomic E-state index is 0.0312. The van der Waals surface area contributed by atoms with Crippen molar-refractivity contribution in [3.8, 4) is 0 Å². The van der Waals surface area contributed by atoms with Gasteiger partial charge < -0.3 is 10.1 Å². The Balaban J connectivity index is 1.75. The van der Waals surface area contributed by atoms with Gasteiger partial charge in [-0.25, -0.2) is 4.79 Å². The van der Waals surface area contributed by atoms with Gasteiger partial charge in [-0.15, -0.1) is 11.3 Å². The first-order valence-electron chi connectivity index (χ1n) is 9.81. The number of nitrogens with one attached hydrogen (secondary N) is 1. The monoisotopic (exact) mass is 378 g/mol. The van der Waals surface area contributed by atoms with E-state index in [0.29, 0.717) is 35.6 Å². The summed E-state index contributed by atoms with van der Waals surface area (Å²) >= 11 is 1.56. The molecule has 2 heterocycles. The number of esters is 1. The van der Waals surface area contributed by atoms with E-state index in [1.807, 2.05) is 6.92 Å². The van der Waals surface area contributed by atoms with Crippen LogP contribution in [0.15, 0.2) is 0 Å². The van der Waals surface area contributed by atoms with Gasteiger partial charge in [0.05, 0.1) is 18.7 Å². The predicted molar refractivity (Wildman–Crippen MR) is 105 cm³/mol.